The van der Waals surface area contributed by atoms with Crippen LogP contribution in [0.3, 0.4) is 0 Å². The Morgan fingerprint density at radius 1 is 1.73 bits per heavy atom. The molecule has 11 heavy (non-hydrogen) atoms. The molecule has 1 N–H and O–H groups in total. The van der Waals surface area contributed by atoms with Gasteiger partial charge in [-0.3, -0.25) is 9.59 Å². The van der Waals surface area contributed by atoms with Crippen molar-refractivity contribution < 1.29 is 14.3 Å². The molecule has 0 saturated heterocycles. The van der Waals surface area contributed by atoms with Gasteiger partial charge in [-0.1, -0.05) is 6.58 Å². The molecule has 62 valence electrons. The predicted molar refractivity (Wildman–Crippen MR) is 39.6 cm³/mol. The zero-order chi connectivity index (χ0) is 8.69. The first-order valence-corrected chi connectivity index (χ1v) is 3.24. The molecule has 4 heteroatoms. The maximum atomic E-state index is 10.7. The zero-order valence-electron chi connectivity index (χ0n) is 6.42. The lowest BCUT2D eigenvalue weighted by Crippen LogP contribution is -2.14. The van der Waals surface area contributed by atoms with Gasteiger partial charge in [-0.25, -0.2) is 0 Å². The summed E-state index contributed by atoms with van der Waals surface area (Å²) in [6.45, 7) is 5.48. The molecule has 0 fully saturated rings. The number of hydrogen-bond acceptors (Lipinski definition) is 3. The Morgan fingerprint density at radius 3 is 2.82 bits per heavy atom. The van der Waals surface area contributed by atoms with Gasteiger partial charge in [0.15, 0.2) is 0 Å². The number of ether oxygens (including phenoxy) is 1. The van der Waals surface area contributed by atoms with Crippen molar-refractivity contribution in [3.63, 3.8) is 0 Å². The quantitative estimate of drug-likeness (QED) is 0.458. The largest absolute Gasteiger partial charge is 0.466 e. The minimum Gasteiger partial charge on any atom is -0.466 e. The first-order valence-electron chi connectivity index (χ1n) is 3.24. The summed E-state index contributed by atoms with van der Waals surface area (Å²) in [5.74, 6) is -0.383. The number of hydrogen-bond donors (Lipinski definition) is 1. The minimum absolute atomic E-state index is 0.0343. The van der Waals surface area contributed by atoms with E-state index in [-0.39, 0.29) is 12.4 Å². The lowest BCUT2D eigenvalue weighted by Gasteiger charge is -2.02. The molecule has 0 saturated carbocycles. The van der Waals surface area contributed by atoms with Crippen molar-refractivity contribution >= 4 is 12.4 Å². The van der Waals surface area contributed by atoms with Crippen molar-refractivity contribution in [1.82, 2.24) is 5.32 Å². The summed E-state index contributed by atoms with van der Waals surface area (Å²) in [6, 6.07) is 0. The van der Waals surface area contributed by atoms with Gasteiger partial charge in [0.25, 0.3) is 0 Å². The Hall–Kier alpha value is -1.32. The van der Waals surface area contributed by atoms with E-state index in [1.165, 1.54) is 0 Å². The monoisotopic (exact) mass is 157 g/mol. The Kier molecular flexibility index (Phi) is 4.81. The second kappa shape index (κ2) is 5.46. The average molecular weight is 157 g/mol. The fourth-order valence-electron chi connectivity index (χ4n) is 0.521. The van der Waals surface area contributed by atoms with Gasteiger partial charge in [-0.05, 0) is 6.92 Å². The topological polar surface area (TPSA) is 55.4 Å². The van der Waals surface area contributed by atoms with E-state index < -0.39 is 0 Å². The molecular formula is C7H11NO3. The molecule has 0 aromatic carbocycles. The van der Waals surface area contributed by atoms with Crippen molar-refractivity contribution in [2.45, 2.75) is 13.3 Å². The van der Waals surface area contributed by atoms with Crippen LogP contribution < -0.4 is 5.32 Å². The summed E-state index contributed by atoms with van der Waals surface area (Å²) in [4.78, 5) is 20.5. The van der Waals surface area contributed by atoms with E-state index in [9.17, 15) is 9.59 Å². The van der Waals surface area contributed by atoms with Crippen LogP contribution in [-0.2, 0) is 14.3 Å². The van der Waals surface area contributed by atoms with E-state index >= 15 is 0 Å². The highest BCUT2D eigenvalue weighted by atomic mass is 16.5. The van der Waals surface area contributed by atoms with Crippen LogP contribution in [0.5, 0.6) is 0 Å². The van der Waals surface area contributed by atoms with Crippen molar-refractivity contribution in [2.75, 3.05) is 6.61 Å². The van der Waals surface area contributed by atoms with Crippen LogP contribution in [0.4, 0.5) is 0 Å². The van der Waals surface area contributed by atoms with Gasteiger partial charge in [-0.15, -0.1) is 0 Å². The van der Waals surface area contributed by atoms with Crippen LogP contribution in [0, 0.1) is 0 Å². The number of carbonyl (C=O) groups excluding carboxylic acids is 2. The second-order valence-corrected chi connectivity index (χ2v) is 1.85. The van der Waals surface area contributed by atoms with E-state index in [0.717, 1.165) is 0 Å². The third-order valence-electron chi connectivity index (χ3n) is 0.926. The number of carbonyl (C=O) groups is 2. The number of rotatable bonds is 5. The fraction of sp³-hybridized carbons (Fsp3) is 0.429. The molecule has 0 spiro atoms. The van der Waals surface area contributed by atoms with E-state index in [0.29, 0.717) is 18.7 Å². The Balaban J connectivity index is 3.57. The second-order valence-electron chi connectivity index (χ2n) is 1.85. The smallest absolute Gasteiger partial charge is 0.311 e. The fourth-order valence-corrected chi connectivity index (χ4v) is 0.521. The van der Waals surface area contributed by atoms with Gasteiger partial charge < -0.3 is 10.1 Å². The maximum absolute atomic E-state index is 10.7. The highest BCUT2D eigenvalue weighted by molar-refractivity contribution is 5.73. The summed E-state index contributed by atoms with van der Waals surface area (Å²) in [5.41, 5.74) is 0.346. The van der Waals surface area contributed by atoms with Crippen molar-refractivity contribution in [1.29, 1.82) is 0 Å². The van der Waals surface area contributed by atoms with Crippen LogP contribution in [-0.4, -0.2) is 19.0 Å². The van der Waals surface area contributed by atoms with Crippen LogP contribution in [0.2, 0.25) is 0 Å². The van der Waals surface area contributed by atoms with Gasteiger partial charge in [-0.2, -0.15) is 0 Å². The first-order chi connectivity index (χ1) is 5.20. The third kappa shape index (κ3) is 5.14. The predicted octanol–water partition coefficient (Wildman–Crippen LogP) is 0.199. The molecule has 1 amide bonds. The van der Waals surface area contributed by atoms with E-state index in [4.69, 9.17) is 0 Å². The van der Waals surface area contributed by atoms with E-state index in [1.54, 1.807) is 6.92 Å². The summed E-state index contributed by atoms with van der Waals surface area (Å²) < 4.78 is 4.60. The standard InChI is InChI=1S/C7H11NO3/c1-3-11-7(10)4-6(2)8-5-9/h5H,2-4H2,1H3,(H,8,9). The van der Waals surface area contributed by atoms with Gasteiger partial charge in [0.05, 0.1) is 13.0 Å². The number of nitrogens with one attached hydrogen (secondary N) is 1. The third-order valence-corrected chi connectivity index (χ3v) is 0.926. The Bertz CT molecular complexity index is 165. The molecule has 0 aliphatic heterocycles. The van der Waals surface area contributed by atoms with Crippen LogP contribution >= 0.6 is 0 Å². The summed E-state index contributed by atoms with van der Waals surface area (Å²) in [6.07, 6.45) is 0.508. The molecule has 0 rings (SSSR count). The summed E-state index contributed by atoms with van der Waals surface area (Å²) >= 11 is 0. The molecule has 0 aromatic heterocycles. The van der Waals surface area contributed by atoms with Crippen molar-refractivity contribution in [3.8, 4) is 0 Å². The molecule has 0 unspecified atom stereocenters. The van der Waals surface area contributed by atoms with Crippen LogP contribution in [0.25, 0.3) is 0 Å². The molecule has 0 aliphatic rings. The van der Waals surface area contributed by atoms with Crippen LogP contribution in [0.1, 0.15) is 13.3 Å². The lowest BCUT2D eigenvalue weighted by atomic mass is 10.3. The minimum atomic E-state index is -0.383. The molecule has 0 aliphatic carbocycles. The van der Waals surface area contributed by atoms with Crippen molar-refractivity contribution in [2.24, 2.45) is 0 Å². The van der Waals surface area contributed by atoms with Gasteiger partial charge >= 0.3 is 5.97 Å². The first kappa shape index (κ1) is 9.68. The number of amides is 1. The molecule has 0 bridgehead atoms. The van der Waals surface area contributed by atoms with Gasteiger partial charge in [0, 0.05) is 5.70 Å². The SMILES string of the molecule is C=C(CC(=O)OCC)NC=O. The molecule has 4 nitrogen and oxygen atoms in total. The van der Waals surface area contributed by atoms with E-state index in [1.807, 2.05) is 0 Å². The number of esters is 1. The molecular weight excluding hydrogens is 146 g/mol. The Morgan fingerprint density at radius 2 is 2.36 bits per heavy atom. The van der Waals surface area contributed by atoms with Crippen LogP contribution in [0.15, 0.2) is 12.3 Å². The normalized spacial score (nSPS) is 8.45. The molecule has 0 aromatic rings. The molecule has 0 atom stereocenters. The Labute approximate surface area is 65.2 Å². The van der Waals surface area contributed by atoms with Crippen molar-refractivity contribution in [3.05, 3.63) is 12.3 Å². The lowest BCUT2D eigenvalue weighted by molar-refractivity contribution is -0.142. The zero-order valence-corrected chi connectivity index (χ0v) is 6.42. The highest BCUT2D eigenvalue weighted by Crippen LogP contribution is 1.94. The highest BCUT2D eigenvalue weighted by Gasteiger charge is 2.02. The van der Waals surface area contributed by atoms with Gasteiger partial charge in [0.1, 0.15) is 0 Å². The summed E-state index contributed by atoms with van der Waals surface area (Å²) in [5, 5.41) is 2.26. The van der Waals surface area contributed by atoms with E-state index in [2.05, 4.69) is 16.6 Å². The summed E-state index contributed by atoms with van der Waals surface area (Å²) in [7, 11) is 0. The molecule has 0 heterocycles. The maximum Gasteiger partial charge on any atom is 0.311 e. The molecule has 0 radical (unpaired) electrons. The van der Waals surface area contributed by atoms with Gasteiger partial charge in [0.2, 0.25) is 6.41 Å². The average Bonchev–Trinajstić information content (AvgIpc) is 1.87.